The van der Waals surface area contributed by atoms with Crippen molar-refractivity contribution in [3.8, 4) is 10.6 Å². The third kappa shape index (κ3) is 2.71. The molecule has 0 fully saturated rings. The largest absolute Gasteiger partial charge is 0.344 e. The molecule has 2 rings (SSSR count). The summed E-state index contributed by atoms with van der Waals surface area (Å²) in [5.41, 5.74) is 2.14. The van der Waals surface area contributed by atoms with Gasteiger partial charge in [0, 0.05) is 21.1 Å². The van der Waals surface area contributed by atoms with Crippen LogP contribution in [0.3, 0.4) is 0 Å². The Bertz CT molecular complexity index is 596. The Labute approximate surface area is 117 Å². The summed E-state index contributed by atoms with van der Waals surface area (Å²) in [6, 6.07) is 5.97. The van der Waals surface area contributed by atoms with Crippen molar-refractivity contribution in [1.29, 1.82) is 0 Å². The average molecular weight is 277 g/mol. The molecule has 0 spiro atoms. The smallest absolute Gasteiger partial charge is 0.263 e. The topological polar surface area (TPSA) is 38.1 Å². The average Bonchev–Trinajstić information content (AvgIpc) is 2.93. The minimum Gasteiger partial charge on any atom is -0.344 e. The highest BCUT2D eigenvalue weighted by molar-refractivity contribution is 7.17. The van der Waals surface area contributed by atoms with Gasteiger partial charge in [-0.1, -0.05) is 13.8 Å². The van der Waals surface area contributed by atoms with E-state index in [-0.39, 0.29) is 5.91 Å². The van der Waals surface area contributed by atoms with Crippen LogP contribution in [0.5, 0.6) is 0 Å². The van der Waals surface area contributed by atoms with Crippen LogP contribution in [0.25, 0.3) is 10.6 Å². The molecule has 0 radical (unpaired) electrons. The van der Waals surface area contributed by atoms with E-state index in [4.69, 9.17) is 0 Å². The van der Waals surface area contributed by atoms with E-state index >= 15 is 0 Å². The van der Waals surface area contributed by atoms with Crippen LogP contribution < -0.4 is 0 Å². The summed E-state index contributed by atoms with van der Waals surface area (Å²) in [6.45, 7) is 4.25. The van der Waals surface area contributed by atoms with E-state index in [2.05, 4.69) is 25.0 Å². The second-order valence-corrected chi connectivity index (χ2v) is 6.18. The third-order valence-corrected chi connectivity index (χ3v) is 4.06. The van der Waals surface area contributed by atoms with Crippen molar-refractivity contribution in [2.24, 2.45) is 7.05 Å². The summed E-state index contributed by atoms with van der Waals surface area (Å²) in [6.07, 6.45) is 0. The zero-order valence-electron chi connectivity index (χ0n) is 12.0. The Kier molecular flexibility index (Phi) is 3.75. The molecule has 1 amide bonds. The predicted octanol–water partition coefficient (Wildman–Crippen LogP) is 2.97. The van der Waals surface area contributed by atoms with Gasteiger partial charge in [0.05, 0.1) is 21.1 Å². The highest BCUT2D eigenvalue weighted by atomic mass is 32.1. The van der Waals surface area contributed by atoms with Crippen LogP contribution in [0.15, 0.2) is 18.2 Å². The van der Waals surface area contributed by atoms with Crippen LogP contribution in [0, 0.1) is 0 Å². The molecule has 2 aromatic rings. The molecule has 2 aromatic heterocycles. The van der Waals surface area contributed by atoms with Crippen molar-refractivity contribution in [2.75, 3.05) is 14.1 Å². The summed E-state index contributed by atoms with van der Waals surface area (Å²) in [7, 11) is 5.47. The Morgan fingerprint density at radius 2 is 2.05 bits per heavy atom. The zero-order valence-corrected chi connectivity index (χ0v) is 12.8. The van der Waals surface area contributed by atoms with Gasteiger partial charge in [-0.2, -0.15) is 5.10 Å². The number of carbonyl (C=O) groups is 1. The molecule has 0 aliphatic heterocycles. The molecule has 0 saturated heterocycles. The minimum atomic E-state index is 0.0440. The summed E-state index contributed by atoms with van der Waals surface area (Å²) >= 11 is 1.51. The Balaban J connectivity index is 2.35. The van der Waals surface area contributed by atoms with Crippen molar-refractivity contribution >= 4 is 17.2 Å². The van der Waals surface area contributed by atoms with Crippen LogP contribution in [-0.4, -0.2) is 34.7 Å². The fourth-order valence-corrected chi connectivity index (χ4v) is 2.89. The van der Waals surface area contributed by atoms with Crippen molar-refractivity contribution in [3.05, 3.63) is 28.8 Å². The molecule has 2 heterocycles. The van der Waals surface area contributed by atoms with Gasteiger partial charge >= 0.3 is 0 Å². The van der Waals surface area contributed by atoms with Gasteiger partial charge in [-0.15, -0.1) is 11.3 Å². The van der Waals surface area contributed by atoms with Crippen molar-refractivity contribution in [3.63, 3.8) is 0 Å². The maximum absolute atomic E-state index is 11.9. The van der Waals surface area contributed by atoms with Gasteiger partial charge in [-0.3, -0.25) is 9.48 Å². The van der Waals surface area contributed by atoms with Crippen LogP contribution in [0.1, 0.15) is 35.1 Å². The molecule has 19 heavy (non-hydrogen) atoms. The summed E-state index contributed by atoms with van der Waals surface area (Å²) < 4.78 is 1.88. The standard InChI is InChI=1S/C14H19N3OS/c1-9(2)10-8-11(17(5)15-10)12-6-7-13(19-12)14(18)16(3)4/h6-9H,1-5H3. The zero-order chi connectivity index (χ0) is 14.2. The number of amides is 1. The quantitative estimate of drug-likeness (QED) is 0.865. The van der Waals surface area contributed by atoms with E-state index in [0.717, 1.165) is 21.1 Å². The van der Waals surface area contributed by atoms with E-state index in [0.29, 0.717) is 5.92 Å². The number of nitrogens with zero attached hydrogens (tertiary/aromatic N) is 3. The summed E-state index contributed by atoms with van der Waals surface area (Å²) in [5, 5.41) is 4.50. The number of hydrogen-bond acceptors (Lipinski definition) is 3. The van der Waals surface area contributed by atoms with Crippen LogP contribution in [0.4, 0.5) is 0 Å². The molecule has 4 nitrogen and oxygen atoms in total. The number of rotatable bonds is 3. The van der Waals surface area contributed by atoms with Gasteiger partial charge in [0.15, 0.2) is 0 Å². The first-order valence-corrected chi connectivity index (χ1v) is 7.07. The molecule has 0 aliphatic carbocycles. The molecular weight excluding hydrogens is 258 g/mol. The number of aryl methyl sites for hydroxylation is 1. The van der Waals surface area contributed by atoms with E-state index < -0.39 is 0 Å². The second-order valence-electron chi connectivity index (χ2n) is 5.10. The fraction of sp³-hybridized carbons (Fsp3) is 0.429. The van der Waals surface area contributed by atoms with Crippen molar-refractivity contribution in [1.82, 2.24) is 14.7 Å². The molecule has 0 aliphatic rings. The van der Waals surface area contributed by atoms with Gasteiger partial charge in [0.25, 0.3) is 5.91 Å². The number of hydrogen-bond donors (Lipinski definition) is 0. The maximum atomic E-state index is 11.9. The predicted molar refractivity (Wildman–Crippen MR) is 78.6 cm³/mol. The van der Waals surface area contributed by atoms with Gasteiger partial charge in [-0.05, 0) is 24.1 Å². The van der Waals surface area contributed by atoms with Gasteiger partial charge in [0.1, 0.15) is 0 Å². The first-order valence-electron chi connectivity index (χ1n) is 6.26. The Morgan fingerprint density at radius 3 is 2.58 bits per heavy atom. The molecule has 5 heteroatoms. The molecule has 0 N–H and O–H groups in total. The lowest BCUT2D eigenvalue weighted by Crippen LogP contribution is -2.20. The molecule has 0 saturated carbocycles. The first kappa shape index (κ1) is 13.8. The Hall–Kier alpha value is -1.62. The number of thiophene rings is 1. The monoisotopic (exact) mass is 277 g/mol. The molecular formula is C14H19N3OS. The van der Waals surface area contributed by atoms with Crippen molar-refractivity contribution < 1.29 is 4.79 Å². The number of carbonyl (C=O) groups excluding carboxylic acids is 1. The van der Waals surface area contributed by atoms with Crippen LogP contribution >= 0.6 is 11.3 Å². The molecule has 0 bridgehead atoms. The fourth-order valence-electron chi connectivity index (χ4n) is 1.81. The van der Waals surface area contributed by atoms with E-state index in [1.807, 2.05) is 23.9 Å². The summed E-state index contributed by atoms with van der Waals surface area (Å²) in [5.74, 6) is 0.449. The second kappa shape index (κ2) is 5.17. The highest BCUT2D eigenvalue weighted by Gasteiger charge is 2.15. The lowest BCUT2D eigenvalue weighted by Gasteiger charge is -2.07. The van der Waals surface area contributed by atoms with Gasteiger partial charge in [-0.25, -0.2) is 0 Å². The normalized spacial score (nSPS) is 11.1. The first-order chi connectivity index (χ1) is 8.90. The van der Waals surface area contributed by atoms with E-state index in [1.165, 1.54) is 11.3 Å². The lowest BCUT2D eigenvalue weighted by atomic mass is 10.1. The van der Waals surface area contributed by atoms with Gasteiger partial charge in [0.2, 0.25) is 0 Å². The van der Waals surface area contributed by atoms with E-state index in [9.17, 15) is 4.79 Å². The maximum Gasteiger partial charge on any atom is 0.263 e. The Morgan fingerprint density at radius 1 is 1.37 bits per heavy atom. The molecule has 0 unspecified atom stereocenters. The lowest BCUT2D eigenvalue weighted by molar-refractivity contribution is 0.0832. The molecule has 0 atom stereocenters. The SMILES string of the molecule is CC(C)c1cc(-c2ccc(C(=O)N(C)C)s2)n(C)n1. The van der Waals surface area contributed by atoms with Crippen molar-refractivity contribution in [2.45, 2.75) is 19.8 Å². The van der Waals surface area contributed by atoms with Gasteiger partial charge < -0.3 is 4.90 Å². The summed E-state index contributed by atoms with van der Waals surface area (Å²) in [4.78, 5) is 15.3. The molecule has 0 aromatic carbocycles. The van der Waals surface area contributed by atoms with E-state index in [1.54, 1.807) is 19.0 Å². The number of aromatic nitrogens is 2. The van der Waals surface area contributed by atoms with Crippen LogP contribution in [0.2, 0.25) is 0 Å². The van der Waals surface area contributed by atoms with Crippen LogP contribution in [-0.2, 0) is 7.05 Å². The molecule has 102 valence electrons. The highest BCUT2D eigenvalue weighted by Crippen LogP contribution is 2.30. The minimum absolute atomic E-state index is 0.0440. The third-order valence-electron chi connectivity index (χ3n) is 2.97.